The van der Waals surface area contributed by atoms with Gasteiger partial charge in [-0.25, -0.2) is 0 Å². The van der Waals surface area contributed by atoms with Gasteiger partial charge in [0.15, 0.2) is 0 Å². The van der Waals surface area contributed by atoms with Crippen LogP contribution in [0.5, 0.6) is 0 Å². The number of nitrogens with zero attached hydrogens (tertiary/aromatic N) is 2. The van der Waals surface area contributed by atoms with Crippen molar-refractivity contribution >= 4 is 86.6 Å². The van der Waals surface area contributed by atoms with E-state index in [4.69, 9.17) is 4.98 Å². The van der Waals surface area contributed by atoms with Crippen molar-refractivity contribution in [3.8, 4) is 27.9 Å². The molecule has 254 valence electrons. The summed E-state index contributed by atoms with van der Waals surface area (Å²) in [4.78, 5) is 4.87. The van der Waals surface area contributed by atoms with Crippen molar-refractivity contribution in [2.24, 2.45) is 0 Å². The molecule has 0 bridgehead atoms. The zero-order valence-corrected chi connectivity index (χ0v) is 29.9. The summed E-state index contributed by atoms with van der Waals surface area (Å²) >= 11 is 0. The quantitative estimate of drug-likeness (QED) is 0.133. The first-order valence-corrected chi connectivity index (χ1v) is 19.0. The summed E-state index contributed by atoms with van der Waals surface area (Å²) in [5.41, 5.74) is 9.38. The third-order valence-electron chi connectivity index (χ3n) is 11.8. The molecule has 0 spiro atoms. The molecule has 0 aliphatic heterocycles. The number of para-hydroxylation sites is 1. The predicted octanol–water partition coefficient (Wildman–Crippen LogP) is 14.4. The molecule has 2 aromatic heterocycles. The second-order valence-electron chi connectivity index (χ2n) is 14.6. The Bertz CT molecular complexity index is 3500. The lowest BCUT2D eigenvalue weighted by Gasteiger charge is -2.22. The van der Waals surface area contributed by atoms with E-state index < -0.39 is 0 Å². The Labute approximate surface area is 317 Å². The molecule has 0 fully saturated rings. The molecule has 55 heavy (non-hydrogen) atoms. The van der Waals surface area contributed by atoms with Crippen molar-refractivity contribution in [3.63, 3.8) is 0 Å². The summed E-state index contributed by atoms with van der Waals surface area (Å²) in [6.07, 6.45) is 1.90. The lowest BCUT2D eigenvalue weighted by molar-refractivity contribution is 1.18. The van der Waals surface area contributed by atoms with Gasteiger partial charge in [0.25, 0.3) is 0 Å². The monoisotopic (exact) mass is 696 g/mol. The molecule has 0 aliphatic carbocycles. The Kier molecular flexibility index (Phi) is 6.37. The standard InChI is InChI=1S/C53H32N2/c1-3-16-36-33(14-1)30-46(40-20-7-5-18-38(36)40)51-42-22-9-10-23-43(42)52(47-31-34-15-2-4-17-37(34)39-19-6-8-21-41(39)47)48-32-35(27-28-44(48)51)55-49-25-12-11-24-45(49)53-50(55)26-13-29-54-53/h1-32H. The molecule has 10 aromatic carbocycles. The number of benzene rings is 10. The van der Waals surface area contributed by atoms with Gasteiger partial charge in [-0.2, -0.15) is 0 Å². The maximum absolute atomic E-state index is 4.87. The summed E-state index contributed by atoms with van der Waals surface area (Å²) in [7, 11) is 0. The van der Waals surface area contributed by atoms with E-state index in [0.717, 1.165) is 27.6 Å². The molecule has 0 saturated heterocycles. The summed E-state index contributed by atoms with van der Waals surface area (Å²) in [6, 6.07) is 69.3. The highest BCUT2D eigenvalue weighted by atomic mass is 15.0. The van der Waals surface area contributed by atoms with Gasteiger partial charge in [0.05, 0.1) is 16.6 Å². The van der Waals surface area contributed by atoms with Gasteiger partial charge < -0.3 is 4.57 Å². The molecule has 0 N–H and O–H groups in total. The van der Waals surface area contributed by atoms with Crippen LogP contribution in [0, 0.1) is 0 Å². The molecule has 2 heterocycles. The molecule has 0 radical (unpaired) electrons. The Morgan fingerprint density at radius 1 is 0.309 bits per heavy atom. The van der Waals surface area contributed by atoms with Crippen LogP contribution in [0.4, 0.5) is 0 Å². The molecule has 0 amide bonds. The normalized spacial score (nSPS) is 12.0. The SMILES string of the molecule is c1ccc2c(c1)cc(-c1c3ccccc3c(-c3cc4ccccc4c4ccccc34)c3cc(-n4c5ccccc5c5ncccc54)ccc13)c1ccccc12. The number of hydrogen-bond donors (Lipinski definition) is 0. The number of rotatable bonds is 3. The van der Waals surface area contributed by atoms with Crippen molar-refractivity contribution in [1.82, 2.24) is 9.55 Å². The highest BCUT2D eigenvalue weighted by Gasteiger charge is 2.22. The molecule has 2 heteroatoms. The molecular weight excluding hydrogens is 665 g/mol. The topological polar surface area (TPSA) is 17.8 Å². The van der Waals surface area contributed by atoms with Crippen LogP contribution in [0.15, 0.2) is 194 Å². The minimum atomic E-state index is 1.01. The van der Waals surface area contributed by atoms with Crippen LogP contribution < -0.4 is 0 Å². The van der Waals surface area contributed by atoms with E-state index in [0.29, 0.717) is 0 Å². The van der Waals surface area contributed by atoms with Crippen molar-refractivity contribution in [3.05, 3.63) is 194 Å². The Morgan fingerprint density at radius 2 is 0.764 bits per heavy atom. The molecule has 2 nitrogen and oxygen atoms in total. The fourth-order valence-corrected chi connectivity index (χ4v) is 9.47. The van der Waals surface area contributed by atoms with Crippen molar-refractivity contribution in [2.45, 2.75) is 0 Å². The fourth-order valence-electron chi connectivity index (χ4n) is 9.47. The van der Waals surface area contributed by atoms with Crippen LogP contribution >= 0.6 is 0 Å². The van der Waals surface area contributed by atoms with Gasteiger partial charge in [-0.05, 0) is 129 Å². The van der Waals surface area contributed by atoms with Crippen LogP contribution in [0.2, 0.25) is 0 Å². The highest BCUT2D eigenvalue weighted by molar-refractivity contribution is 6.28. The van der Waals surface area contributed by atoms with E-state index in [1.54, 1.807) is 0 Å². The van der Waals surface area contributed by atoms with Crippen LogP contribution in [0.1, 0.15) is 0 Å². The lowest BCUT2D eigenvalue weighted by Crippen LogP contribution is -1.97. The van der Waals surface area contributed by atoms with E-state index in [1.165, 1.54) is 86.9 Å². The van der Waals surface area contributed by atoms with E-state index in [9.17, 15) is 0 Å². The average Bonchev–Trinajstić information content (AvgIpc) is 3.59. The van der Waals surface area contributed by atoms with Gasteiger partial charge in [-0.1, -0.05) is 146 Å². The molecule has 12 aromatic rings. The van der Waals surface area contributed by atoms with E-state index >= 15 is 0 Å². The number of fused-ring (bicyclic) bond motifs is 11. The first-order valence-electron chi connectivity index (χ1n) is 19.0. The molecule has 0 aliphatic rings. The maximum Gasteiger partial charge on any atom is 0.0963 e. The van der Waals surface area contributed by atoms with Crippen molar-refractivity contribution in [2.75, 3.05) is 0 Å². The minimum Gasteiger partial charge on any atom is -0.308 e. The summed E-state index contributed by atoms with van der Waals surface area (Å²) in [5, 5.41) is 16.2. The molecule has 0 atom stereocenters. The third kappa shape index (κ3) is 4.34. The van der Waals surface area contributed by atoms with Gasteiger partial charge in [-0.3, -0.25) is 4.98 Å². The average molecular weight is 697 g/mol. The zero-order chi connectivity index (χ0) is 36.0. The lowest BCUT2D eigenvalue weighted by atomic mass is 9.82. The summed E-state index contributed by atoms with van der Waals surface area (Å²) in [5.74, 6) is 0. The summed E-state index contributed by atoms with van der Waals surface area (Å²) in [6.45, 7) is 0. The van der Waals surface area contributed by atoms with Gasteiger partial charge in [-0.15, -0.1) is 0 Å². The van der Waals surface area contributed by atoms with Gasteiger partial charge >= 0.3 is 0 Å². The molecular formula is C53H32N2. The highest BCUT2D eigenvalue weighted by Crippen LogP contribution is 2.49. The first kappa shape index (κ1) is 30.2. The number of aromatic nitrogens is 2. The molecule has 12 rings (SSSR count). The summed E-state index contributed by atoms with van der Waals surface area (Å²) < 4.78 is 2.39. The van der Waals surface area contributed by atoms with Crippen molar-refractivity contribution in [1.29, 1.82) is 0 Å². The van der Waals surface area contributed by atoms with Crippen LogP contribution in [0.3, 0.4) is 0 Å². The van der Waals surface area contributed by atoms with Crippen molar-refractivity contribution < 1.29 is 0 Å². The second kappa shape index (κ2) is 11.6. The van der Waals surface area contributed by atoms with Crippen LogP contribution in [-0.4, -0.2) is 9.55 Å². The fraction of sp³-hybridized carbons (Fsp3) is 0. The molecule has 0 saturated carbocycles. The van der Waals surface area contributed by atoms with Gasteiger partial charge in [0.1, 0.15) is 0 Å². The van der Waals surface area contributed by atoms with E-state index in [2.05, 4.69) is 187 Å². The van der Waals surface area contributed by atoms with E-state index in [1.807, 2.05) is 12.3 Å². The predicted molar refractivity (Wildman–Crippen MR) is 234 cm³/mol. The number of pyridine rings is 1. The Balaban J connectivity index is 1.30. The maximum atomic E-state index is 4.87. The smallest absolute Gasteiger partial charge is 0.0963 e. The minimum absolute atomic E-state index is 1.01. The Hall–Kier alpha value is -7.29. The van der Waals surface area contributed by atoms with Crippen LogP contribution in [0.25, 0.3) is 115 Å². The third-order valence-corrected chi connectivity index (χ3v) is 11.8. The van der Waals surface area contributed by atoms with Gasteiger partial charge in [0, 0.05) is 17.3 Å². The molecule has 0 unspecified atom stereocenters. The first-order chi connectivity index (χ1) is 27.3. The van der Waals surface area contributed by atoms with E-state index in [-0.39, 0.29) is 0 Å². The van der Waals surface area contributed by atoms with Crippen LogP contribution in [-0.2, 0) is 0 Å². The largest absolute Gasteiger partial charge is 0.308 e. The Morgan fingerprint density at radius 3 is 1.38 bits per heavy atom. The number of hydrogen-bond acceptors (Lipinski definition) is 1. The van der Waals surface area contributed by atoms with Gasteiger partial charge in [0.2, 0.25) is 0 Å². The zero-order valence-electron chi connectivity index (χ0n) is 29.9. The second-order valence-corrected chi connectivity index (χ2v) is 14.6.